The van der Waals surface area contributed by atoms with Gasteiger partial charge in [0.05, 0.1) is 19.8 Å². The molecule has 2 aromatic rings. The fourth-order valence-electron chi connectivity index (χ4n) is 3.40. The van der Waals surface area contributed by atoms with Crippen molar-refractivity contribution in [3.8, 4) is 17.4 Å². The quantitative estimate of drug-likeness (QED) is 0.761. The third-order valence-electron chi connectivity index (χ3n) is 5.01. The van der Waals surface area contributed by atoms with Crippen molar-refractivity contribution < 1.29 is 14.3 Å². The summed E-state index contributed by atoms with van der Waals surface area (Å²) in [4.78, 5) is 35.3. The topological polar surface area (TPSA) is 123 Å². The molecule has 1 unspecified atom stereocenters. The first-order valence-electron chi connectivity index (χ1n) is 9.93. The van der Waals surface area contributed by atoms with Crippen molar-refractivity contribution in [1.29, 1.82) is 0 Å². The van der Waals surface area contributed by atoms with E-state index in [9.17, 15) is 4.79 Å². The van der Waals surface area contributed by atoms with E-state index in [0.717, 1.165) is 12.0 Å². The van der Waals surface area contributed by atoms with Gasteiger partial charge in [0.2, 0.25) is 5.95 Å². The van der Waals surface area contributed by atoms with E-state index in [1.165, 1.54) is 0 Å². The second-order valence-corrected chi connectivity index (χ2v) is 7.46. The average Bonchev–Trinajstić information content (AvgIpc) is 3.22. The smallest absolute Gasteiger partial charge is 0.322 e. The van der Waals surface area contributed by atoms with E-state index >= 15 is 0 Å². The number of hydrogen-bond acceptors (Lipinski definition) is 9. The molecule has 2 aromatic heterocycles. The van der Waals surface area contributed by atoms with Crippen LogP contribution in [-0.2, 0) is 4.74 Å². The Morgan fingerprint density at radius 2 is 2.00 bits per heavy atom. The van der Waals surface area contributed by atoms with Crippen LogP contribution in [-0.4, -0.2) is 95.4 Å². The lowest BCUT2D eigenvalue weighted by Gasteiger charge is -2.27. The molecule has 2 fully saturated rings. The molecule has 160 valence electrons. The number of anilines is 2. The van der Waals surface area contributed by atoms with Gasteiger partial charge in [-0.1, -0.05) is 0 Å². The van der Waals surface area contributed by atoms with Gasteiger partial charge in [0, 0.05) is 51.9 Å². The van der Waals surface area contributed by atoms with Gasteiger partial charge in [-0.15, -0.1) is 0 Å². The highest BCUT2D eigenvalue weighted by Gasteiger charge is 2.29. The van der Waals surface area contributed by atoms with Crippen LogP contribution >= 0.6 is 0 Å². The van der Waals surface area contributed by atoms with Gasteiger partial charge in [0.25, 0.3) is 0 Å². The van der Waals surface area contributed by atoms with E-state index < -0.39 is 0 Å². The Labute approximate surface area is 174 Å². The van der Waals surface area contributed by atoms with Crippen LogP contribution < -0.4 is 15.4 Å². The Bertz CT molecular complexity index is 886. The first-order chi connectivity index (χ1) is 14.5. The third-order valence-corrected chi connectivity index (χ3v) is 5.01. The Balaban J connectivity index is 1.57. The minimum Gasteiger partial charge on any atom is -0.458 e. The van der Waals surface area contributed by atoms with Crippen molar-refractivity contribution in [3.05, 3.63) is 18.3 Å². The van der Waals surface area contributed by atoms with E-state index in [2.05, 4.69) is 19.9 Å². The summed E-state index contributed by atoms with van der Waals surface area (Å²) in [6.07, 6.45) is 2.17. The fraction of sp³-hybridized carbons (Fsp3) is 0.526. The van der Waals surface area contributed by atoms with Crippen molar-refractivity contribution in [3.63, 3.8) is 0 Å². The van der Waals surface area contributed by atoms with Crippen molar-refractivity contribution in [2.75, 3.05) is 64.1 Å². The summed E-state index contributed by atoms with van der Waals surface area (Å²) in [5, 5.41) is 0. The predicted molar refractivity (Wildman–Crippen MR) is 110 cm³/mol. The number of likely N-dealkylation sites (tertiary alicyclic amines) is 1. The maximum atomic E-state index is 12.2. The van der Waals surface area contributed by atoms with E-state index in [-0.39, 0.29) is 18.1 Å². The standard InChI is InChI=1S/C19H26N8O3/c1-25(2)19(28)27-6-5-14(12-27)30-18-23-16(13-3-4-15(20)21-11-13)22-17(24-18)26-7-9-29-10-8-26/h3-4,11,14H,5-10,12H2,1-2H3,(H2,20,21). The largest absolute Gasteiger partial charge is 0.458 e. The van der Waals surface area contributed by atoms with Crippen LogP contribution in [0.25, 0.3) is 11.4 Å². The summed E-state index contributed by atoms with van der Waals surface area (Å²) >= 11 is 0. The van der Waals surface area contributed by atoms with Crippen LogP contribution in [0, 0.1) is 0 Å². The van der Waals surface area contributed by atoms with E-state index in [1.807, 2.05) is 11.0 Å². The number of carbonyl (C=O) groups excluding carboxylic acids is 1. The normalized spacial score (nSPS) is 19.1. The lowest BCUT2D eigenvalue weighted by Crippen LogP contribution is -2.39. The van der Waals surface area contributed by atoms with E-state index in [0.29, 0.717) is 57.0 Å². The molecule has 0 radical (unpaired) electrons. The number of nitrogens with zero attached hydrogens (tertiary/aromatic N) is 7. The number of amides is 2. The van der Waals surface area contributed by atoms with Crippen LogP contribution in [0.4, 0.5) is 16.6 Å². The second kappa shape index (κ2) is 8.66. The molecule has 0 aromatic carbocycles. The zero-order valence-electron chi connectivity index (χ0n) is 17.2. The molecule has 4 rings (SSSR count). The molecule has 1 atom stereocenters. The molecular weight excluding hydrogens is 388 g/mol. The first-order valence-corrected chi connectivity index (χ1v) is 9.93. The first kappa shape index (κ1) is 20.1. The van der Waals surface area contributed by atoms with Crippen LogP contribution in [0.2, 0.25) is 0 Å². The number of nitrogen functional groups attached to an aromatic ring is 1. The summed E-state index contributed by atoms with van der Waals surface area (Å²) < 4.78 is 11.5. The number of morpholine rings is 1. The van der Waals surface area contributed by atoms with Crippen molar-refractivity contribution in [2.45, 2.75) is 12.5 Å². The number of rotatable bonds is 4. The number of ether oxygens (including phenoxy) is 2. The lowest BCUT2D eigenvalue weighted by atomic mass is 10.2. The highest BCUT2D eigenvalue weighted by atomic mass is 16.5. The highest BCUT2D eigenvalue weighted by Crippen LogP contribution is 2.23. The van der Waals surface area contributed by atoms with E-state index in [4.69, 9.17) is 15.2 Å². The molecule has 0 spiro atoms. The van der Waals surface area contributed by atoms with Crippen molar-refractivity contribution in [1.82, 2.24) is 29.7 Å². The van der Waals surface area contributed by atoms with Gasteiger partial charge < -0.3 is 29.9 Å². The fourth-order valence-corrected chi connectivity index (χ4v) is 3.40. The minimum absolute atomic E-state index is 0.0283. The number of pyridine rings is 1. The second-order valence-electron chi connectivity index (χ2n) is 7.46. The summed E-state index contributed by atoms with van der Waals surface area (Å²) in [6, 6.07) is 3.73. The zero-order valence-corrected chi connectivity index (χ0v) is 17.2. The van der Waals surface area contributed by atoms with E-state index in [1.54, 1.807) is 36.2 Å². The summed E-state index contributed by atoms with van der Waals surface area (Å²) in [5.41, 5.74) is 6.43. The molecule has 2 amide bonds. The van der Waals surface area contributed by atoms with Crippen LogP contribution in [0.5, 0.6) is 6.01 Å². The molecular formula is C19H26N8O3. The van der Waals surface area contributed by atoms with Gasteiger partial charge in [-0.05, 0) is 12.1 Å². The van der Waals surface area contributed by atoms with Crippen molar-refractivity contribution in [2.24, 2.45) is 0 Å². The van der Waals surface area contributed by atoms with Gasteiger partial charge in [-0.3, -0.25) is 0 Å². The molecule has 0 bridgehead atoms. The van der Waals surface area contributed by atoms with Crippen LogP contribution in [0.15, 0.2) is 18.3 Å². The van der Waals surface area contributed by atoms with Gasteiger partial charge in [-0.25, -0.2) is 9.78 Å². The van der Waals surface area contributed by atoms with Crippen LogP contribution in [0.1, 0.15) is 6.42 Å². The molecule has 2 aliphatic heterocycles. The number of urea groups is 1. The summed E-state index contributed by atoms with van der Waals surface area (Å²) in [6.45, 7) is 3.75. The maximum absolute atomic E-state index is 12.2. The number of nitrogens with two attached hydrogens (primary N) is 1. The van der Waals surface area contributed by atoms with Gasteiger partial charge in [-0.2, -0.15) is 15.0 Å². The molecule has 30 heavy (non-hydrogen) atoms. The Kier molecular flexibility index (Phi) is 5.79. The number of aromatic nitrogens is 4. The molecule has 2 N–H and O–H groups in total. The predicted octanol–water partition coefficient (Wildman–Crippen LogP) is 0.487. The molecule has 2 saturated heterocycles. The SMILES string of the molecule is CN(C)C(=O)N1CCC(Oc2nc(-c3ccc(N)nc3)nc(N3CCOCC3)n2)C1. The average molecular weight is 414 g/mol. The Morgan fingerprint density at radius 1 is 1.20 bits per heavy atom. The number of hydrogen-bond donors (Lipinski definition) is 1. The lowest BCUT2D eigenvalue weighted by molar-refractivity contribution is 0.121. The monoisotopic (exact) mass is 414 g/mol. The van der Waals surface area contributed by atoms with Crippen LogP contribution in [0.3, 0.4) is 0 Å². The Hall–Kier alpha value is -3.21. The highest BCUT2D eigenvalue weighted by molar-refractivity contribution is 5.74. The van der Waals surface area contributed by atoms with Crippen molar-refractivity contribution >= 4 is 17.8 Å². The van der Waals surface area contributed by atoms with Gasteiger partial charge in [0.1, 0.15) is 11.9 Å². The molecule has 4 heterocycles. The molecule has 11 nitrogen and oxygen atoms in total. The zero-order chi connectivity index (χ0) is 21.1. The Morgan fingerprint density at radius 3 is 2.70 bits per heavy atom. The van der Waals surface area contributed by atoms with Gasteiger partial charge in [0.15, 0.2) is 5.82 Å². The summed E-state index contributed by atoms with van der Waals surface area (Å²) in [5.74, 6) is 1.43. The molecule has 0 saturated carbocycles. The third kappa shape index (κ3) is 4.51. The maximum Gasteiger partial charge on any atom is 0.322 e. The minimum atomic E-state index is -0.175. The molecule has 0 aliphatic carbocycles. The summed E-state index contributed by atoms with van der Waals surface area (Å²) in [7, 11) is 3.48. The van der Waals surface area contributed by atoms with Gasteiger partial charge >= 0.3 is 12.0 Å². The molecule has 2 aliphatic rings. The number of carbonyl (C=O) groups is 1. The molecule has 11 heteroatoms.